The molecule has 1 aromatic rings. The average molecular weight is 261 g/mol. The average Bonchev–Trinajstić information content (AvgIpc) is 2.33. The summed E-state index contributed by atoms with van der Waals surface area (Å²) in [5, 5.41) is 14.5. The molecule has 2 N–H and O–H groups in total. The van der Waals surface area contributed by atoms with Crippen LogP contribution < -0.4 is 5.32 Å². The SMILES string of the molecule is Cc1cccc(C)c1CC1(O)CC2COCC(C1)N2. The third-order valence-corrected chi connectivity index (χ3v) is 4.51. The van der Waals surface area contributed by atoms with E-state index in [1.165, 1.54) is 16.7 Å². The molecule has 0 radical (unpaired) electrons. The van der Waals surface area contributed by atoms with E-state index in [9.17, 15) is 5.11 Å². The second kappa shape index (κ2) is 4.89. The molecule has 1 aromatic carbocycles. The van der Waals surface area contributed by atoms with Crippen LogP contribution in [0, 0.1) is 13.8 Å². The van der Waals surface area contributed by atoms with Gasteiger partial charge in [0.05, 0.1) is 18.8 Å². The van der Waals surface area contributed by atoms with Crippen LogP contribution in [0.5, 0.6) is 0 Å². The first-order valence-electron chi connectivity index (χ1n) is 7.17. The fourth-order valence-corrected chi connectivity index (χ4v) is 3.62. The molecule has 3 rings (SSSR count). The maximum Gasteiger partial charge on any atom is 0.0719 e. The normalized spacial score (nSPS) is 34.3. The summed E-state index contributed by atoms with van der Waals surface area (Å²) in [6.07, 6.45) is 2.34. The van der Waals surface area contributed by atoms with Crippen molar-refractivity contribution in [3.8, 4) is 0 Å². The number of aryl methyl sites for hydroxylation is 2. The van der Waals surface area contributed by atoms with E-state index in [-0.39, 0.29) is 0 Å². The van der Waals surface area contributed by atoms with Crippen LogP contribution in [0.15, 0.2) is 18.2 Å². The highest BCUT2D eigenvalue weighted by atomic mass is 16.5. The Morgan fingerprint density at radius 3 is 2.37 bits per heavy atom. The van der Waals surface area contributed by atoms with Gasteiger partial charge in [-0.25, -0.2) is 0 Å². The molecule has 0 amide bonds. The van der Waals surface area contributed by atoms with Gasteiger partial charge in [0.15, 0.2) is 0 Å². The van der Waals surface area contributed by atoms with E-state index in [0.29, 0.717) is 12.1 Å². The fourth-order valence-electron chi connectivity index (χ4n) is 3.62. The molecule has 3 heteroatoms. The highest BCUT2D eigenvalue weighted by molar-refractivity contribution is 5.35. The van der Waals surface area contributed by atoms with Gasteiger partial charge in [0, 0.05) is 18.5 Å². The lowest BCUT2D eigenvalue weighted by Gasteiger charge is -2.45. The zero-order valence-corrected chi connectivity index (χ0v) is 11.8. The summed E-state index contributed by atoms with van der Waals surface area (Å²) in [5.41, 5.74) is 3.30. The van der Waals surface area contributed by atoms with E-state index in [4.69, 9.17) is 4.74 Å². The van der Waals surface area contributed by atoms with E-state index in [0.717, 1.165) is 32.5 Å². The van der Waals surface area contributed by atoms with Crippen molar-refractivity contribution in [1.29, 1.82) is 0 Å². The summed E-state index contributed by atoms with van der Waals surface area (Å²) in [6.45, 7) is 5.73. The first-order chi connectivity index (χ1) is 9.06. The van der Waals surface area contributed by atoms with E-state index < -0.39 is 5.60 Å². The van der Waals surface area contributed by atoms with Crippen LogP contribution >= 0.6 is 0 Å². The molecule has 0 spiro atoms. The number of rotatable bonds is 2. The highest BCUT2D eigenvalue weighted by Gasteiger charge is 2.41. The van der Waals surface area contributed by atoms with E-state index in [1.807, 2.05) is 0 Å². The molecule has 2 bridgehead atoms. The third kappa shape index (κ3) is 2.69. The van der Waals surface area contributed by atoms with Crippen molar-refractivity contribution in [2.24, 2.45) is 0 Å². The number of aliphatic hydroxyl groups is 1. The van der Waals surface area contributed by atoms with Crippen molar-refractivity contribution in [2.45, 2.75) is 50.8 Å². The summed E-state index contributed by atoms with van der Waals surface area (Å²) in [7, 11) is 0. The van der Waals surface area contributed by atoms with E-state index >= 15 is 0 Å². The Kier molecular flexibility index (Phi) is 3.37. The Balaban J connectivity index is 1.82. The first kappa shape index (κ1) is 13.1. The van der Waals surface area contributed by atoms with Crippen molar-refractivity contribution in [3.63, 3.8) is 0 Å². The molecule has 0 aromatic heterocycles. The second-order valence-corrected chi connectivity index (χ2v) is 6.28. The zero-order chi connectivity index (χ0) is 13.5. The van der Waals surface area contributed by atoms with Crippen LogP contribution in [-0.4, -0.2) is 36.0 Å². The second-order valence-electron chi connectivity index (χ2n) is 6.28. The van der Waals surface area contributed by atoms with Gasteiger partial charge in [-0.2, -0.15) is 0 Å². The quantitative estimate of drug-likeness (QED) is 0.852. The lowest BCUT2D eigenvalue weighted by molar-refractivity contribution is -0.0756. The number of nitrogens with one attached hydrogen (secondary N) is 1. The Morgan fingerprint density at radius 1 is 1.21 bits per heavy atom. The summed E-state index contributed by atoms with van der Waals surface area (Å²) in [5.74, 6) is 0. The number of hydrogen-bond donors (Lipinski definition) is 2. The van der Waals surface area contributed by atoms with Gasteiger partial charge in [0.25, 0.3) is 0 Å². The van der Waals surface area contributed by atoms with Gasteiger partial charge in [-0.05, 0) is 43.4 Å². The molecule has 104 valence electrons. The molecule has 3 nitrogen and oxygen atoms in total. The molecule has 0 saturated carbocycles. The van der Waals surface area contributed by atoms with Crippen molar-refractivity contribution in [1.82, 2.24) is 5.32 Å². The van der Waals surface area contributed by atoms with Gasteiger partial charge in [-0.15, -0.1) is 0 Å². The molecule has 2 atom stereocenters. The third-order valence-electron chi connectivity index (χ3n) is 4.51. The number of fused-ring (bicyclic) bond motifs is 2. The van der Waals surface area contributed by atoms with Gasteiger partial charge in [-0.1, -0.05) is 18.2 Å². The van der Waals surface area contributed by atoms with Gasteiger partial charge in [-0.3, -0.25) is 0 Å². The Bertz CT molecular complexity index is 440. The Labute approximate surface area is 115 Å². The van der Waals surface area contributed by atoms with Crippen LogP contribution in [0.2, 0.25) is 0 Å². The van der Waals surface area contributed by atoms with E-state index in [2.05, 4.69) is 37.4 Å². The minimum atomic E-state index is -0.582. The molecule has 2 fully saturated rings. The molecule has 19 heavy (non-hydrogen) atoms. The minimum absolute atomic E-state index is 0.307. The molecular formula is C16H23NO2. The van der Waals surface area contributed by atoms with Crippen LogP contribution in [0.4, 0.5) is 0 Å². The Hall–Kier alpha value is -0.900. The van der Waals surface area contributed by atoms with Crippen LogP contribution in [0.1, 0.15) is 29.5 Å². The summed E-state index contributed by atoms with van der Waals surface area (Å²) >= 11 is 0. The highest BCUT2D eigenvalue weighted by Crippen LogP contribution is 2.32. The van der Waals surface area contributed by atoms with Crippen molar-refractivity contribution >= 4 is 0 Å². The predicted molar refractivity (Wildman–Crippen MR) is 75.3 cm³/mol. The fraction of sp³-hybridized carbons (Fsp3) is 0.625. The number of benzene rings is 1. The number of hydrogen-bond acceptors (Lipinski definition) is 3. The molecule has 2 aliphatic rings. The first-order valence-corrected chi connectivity index (χ1v) is 7.17. The summed E-state index contributed by atoms with van der Waals surface area (Å²) < 4.78 is 5.55. The molecule has 2 saturated heterocycles. The minimum Gasteiger partial charge on any atom is -0.389 e. The monoisotopic (exact) mass is 261 g/mol. The van der Waals surface area contributed by atoms with E-state index in [1.54, 1.807) is 0 Å². The van der Waals surface area contributed by atoms with Gasteiger partial charge >= 0.3 is 0 Å². The van der Waals surface area contributed by atoms with Gasteiger partial charge < -0.3 is 15.2 Å². The molecule has 0 aliphatic carbocycles. The standard InChI is InChI=1S/C16H23NO2/c1-11-4-3-5-12(2)15(11)8-16(18)6-13-9-19-10-14(7-16)17-13/h3-5,13-14,17-18H,6-10H2,1-2H3. The molecule has 2 heterocycles. The van der Waals surface area contributed by atoms with Crippen LogP contribution in [0.3, 0.4) is 0 Å². The summed E-state index contributed by atoms with van der Waals surface area (Å²) in [6, 6.07) is 6.97. The molecule has 2 aliphatic heterocycles. The van der Waals surface area contributed by atoms with Gasteiger partial charge in [0.2, 0.25) is 0 Å². The van der Waals surface area contributed by atoms with Crippen LogP contribution in [0.25, 0.3) is 0 Å². The van der Waals surface area contributed by atoms with Crippen LogP contribution in [-0.2, 0) is 11.2 Å². The van der Waals surface area contributed by atoms with Crippen molar-refractivity contribution < 1.29 is 9.84 Å². The zero-order valence-electron chi connectivity index (χ0n) is 11.8. The molecule has 2 unspecified atom stereocenters. The van der Waals surface area contributed by atoms with Gasteiger partial charge in [0.1, 0.15) is 0 Å². The van der Waals surface area contributed by atoms with Crippen molar-refractivity contribution in [2.75, 3.05) is 13.2 Å². The number of piperidine rings is 1. The maximum atomic E-state index is 11.0. The number of ether oxygens (including phenoxy) is 1. The lowest BCUT2D eigenvalue weighted by atomic mass is 9.77. The number of morpholine rings is 1. The largest absolute Gasteiger partial charge is 0.389 e. The smallest absolute Gasteiger partial charge is 0.0719 e. The molecular weight excluding hydrogens is 238 g/mol. The summed E-state index contributed by atoms with van der Waals surface area (Å²) in [4.78, 5) is 0. The Morgan fingerprint density at radius 2 is 1.79 bits per heavy atom. The van der Waals surface area contributed by atoms with Crippen molar-refractivity contribution in [3.05, 3.63) is 34.9 Å². The maximum absolute atomic E-state index is 11.0. The lowest BCUT2D eigenvalue weighted by Crippen LogP contribution is -2.60. The topological polar surface area (TPSA) is 41.5 Å². The predicted octanol–water partition coefficient (Wildman–Crippen LogP) is 1.73.